The van der Waals surface area contributed by atoms with E-state index in [-0.39, 0.29) is 0 Å². The maximum absolute atomic E-state index is 10.5. The smallest absolute Gasteiger partial charge is 0.211 e. The van der Waals surface area contributed by atoms with Crippen LogP contribution >= 0.6 is 0 Å². The Morgan fingerprint density at radius 1 is 0.950 bits per heavy atom. The van der Waals surface area contributed by atoms with Crippen LogP contribution in [0.5, 0.6) is 5.75 Å². The second kappa shape index (κ2) is 8.00. The van der Waals surface area contributed by atoms with E-state index < -0.39 is 0 Å². The van der Waals surface area contributed by atoms with E-state index >= 15 is 0 Å². The first-order chi connectivity index (χ1) is 9.90. The number of carbonyl (C=O) groups is 1. The molecule has 1 N–H and O–H groups in total. The third kappa shape index (κ3) is 4.43. The van der Waals surface area contributed by atoms with Gasteiger partial charge in [-0.2, -0.15) is 0 Å². The van der Waals surface area contributed by atoms with Crippen LogP contribution in [0.15, 0.2) is 54.6 Å². The van der Waals surface area contributed by atoms with Gasteiger partial charge in [-0.15, -0.1) is 0 Å². The number of hydrogen-bond donors (Lipinski definition) is 1. The minimum absolute atomic E-state index is 0.657. The molecule has 0 saturated heterocycles. The third-order valence-electron chi connectivity index (χ3n) is 3.06. The summed E-state index contributed by atoms with van der Waals surface area (Å²) in [6.07, 6.45) is 3.81. The number of benzene rings is 2. The Morgan fingerprint density at radius 3 is 2.50 bits per heavy atom. The van der Waals surface area contributed by atoms with Crippen molar-refractivity contribution in [1.82, 2.24) is 0 Å². The number of unbranched alkanes of at least 4 members (excludes halogenated alkanes) is 1. The zero-order chi connectivity index (χ0) is 14.0. The number of carbonyl (C=O) groups excluding carboxylic acids is 1. The van der Waals surface area contributed by atoms with Crippen molar-refractivity contribution in [2.24, 2.45) is 0 Å². The predicted octanol–water partition coefficient (Wildman–Crippen LogP) is 3.66. The van der Waals surface area contributed by atoms with Crippen molar-refractivity contribution >= 4 is 12.1 Å². The van der Waals surface area contributed by atoms with Gasteiger partial charge in [-0.1, -0.05) is 42.5 Å². The zero-order valence-corrected chi connectivity index (χ0v) is 11.4. The molecule has 0 aliphatic carbocycles. The van der Waals surface area contributed by atoms with Crippen molar-refractivity contribution in [3.8, 4) is 5.75 Å². The molecule has 2 aromatic carbocycles. The molecule has 0 heterocycles. The summed E-state index contributed by atoms with van der Waals surface area (Å²) in [5.74, 6) is 0.722. The van der Waals surface area contributed by atoms with Crippen LogP contribution in [0.1, 0.15) is 18.4 Å². The molecule has 0 fully saturated rings. The number of rotatable bonds is 8. The average Bonchev–Trinajstić information content (AvgIpc) is 2.50. The Kier molecular flexibility index (Phi) is 5.65. The molecule has 0 aliphatic heterocycles. The minimum Gasteiger partial charge on any atom is -0.491 e. The Labute approximate surface area is 119 Å². The first-order valence-corrected chi connectivity index (χ1v) is 6.86. The molecule has 0 aromatic heterocycles. The molecule has 20 heavy (non-hydrogen) atoms. The van der Waals surface area contributed by atoms with E-state index in [1.807, 2.05) is 30.3 Å². The molecule has 3 nitrogen and oxygen atoms in total. The van der Waals surface area contributed by atoms with Gasteiger partial charge in [0.15, 0.2) is 0 Å². The fourth-order valence-electron chi connectivity index (χ4n) is 2.03. The lowest BCUT2D eigenvalue weighted by Crippen LogP contribution is -2.02. The summed E-state index contributed by atoms with van der Waals surface area (Å²) in [5.41, 5.74) is 2.07. The van der Waals surface area contributed by atoms with Gasteiger partial charge in [0, 0.05) is 0 Å². The molecule has 0 unspecified atom stereocenters. The molecular formula is C17H19NO2. The van der Waals surface area contributed by atoms with Crippen LogP contribution in [0.3, 0.4) is 0 Å². The van der Waals surface area contributed by atoms with Crippen LogP contribution in [-0.4, -0.2) is 13.0 Å². The highest BCUT2D eigenvalue weighted by Gasteiger charge is 2.01. The monoisotopic (exact) mass is 269 g/mol. The summed E-state index contributed by atoms with van der Waals surface area (Å²) in [7, 11) is 0. The van der Waals surface area contributed by atoms with Crippen LogP contribution in [0, 0.1) is 0 Å². The van der Waals surface area contributed by atoms with Crippen LogP contribution < -0.4 is 10.1 Å². The number of hydrogen-bond acceptors (Lipinski definition) is 2. The maximum atomic E-state index is 10.5. The molecule has 3 heteroatoms. The lowest BCUT2D eigenvalue weighted by atomic mass is 10.1. The predicted molar refractivity (Wildman–Crippen MR) is 81.0 cm³/mol. The second-order valence-electron chi connectivity index (χ2n) is 4.55. The van der Waals surface area contributed by atoms with Gasteiger partial charge in [-0.25, -0.2) is 0 Å². The molecule has 0 saturated carbocycles. The van der Waals surface area contributed by atoms with E-state index in [0.29, 0.717) is 18.7 Å². The lowest BCUT2D eigenvalue weighted by Gasteiger charge is -2.10. The van der Waals surface area contributed by atoms with Crippen LogP contribution in [0.25, 0.3) is 0 Å². The van der Waals surface area contributed by atoms with Crippen molar-refractivity contribution < 1.29 is 9.53 Å². The van der Waals surface area contributed by atoms with Crippen LogP contribution in [0.4, 0.5) is 5.69 Å². The Hall–Kier alpha value is -2.29. The van der Waals surface area contributed by atoms with Gasteiger partial charge in [0.25, 0.3) is 0 Å². The van der Waals surface area contributed by atoms with E-state index in [1.54, 1.807) is 0 Å². The van der Waals surface area contributed by atoms with Gasteiger partial charge in [0.05, 0.1) is 12.3 Å². The summed E-state index contributed by atoms with van der Waals surface area (Å²) < 4.78 is 5.71. The van der Waals surface area contributed by atoms with Crippen molar-refractivity contribution in [2.45, 2.75) is 19.3 Å². The van der Waals surface area contributed by atoms with Gasteiger partial charge in [-0.05, 0) is 37.0 Å². The molecule has 0 atom stereocenters. The molecule has 1 amide bonds. The van der Waals surface area contributed by atoms with Crippen molar-refractivity contribution in [2.75, 3.05) is 11.9 Å². The first kappa shape index (κ1) is 14.1. The quantitative estimate of drug-likeness (QED) is 0.586. The molecule has 2 rings (SSSR count). The normalized spacial score (nSPS) is 10.0. The fraction of sp³-hybridized carbons (Fsp3) is 0.235. The van der Waals surface area contributed by atoms with Gasteiger partial charge >= 0.3 is 0 Å². The number of anilines is 1. The van der Waals surface area contributed by atoms with Crippen molar-refractivity contribution in [1.29, 1.82) is 0 Å². The highest BCUT2D eigenvalue weighted by molar-refractivity contribution is 5.75. The number of ether oxygens (including phenoxy) is 1. The molecule has 2 aromatic rings. The van der Waals surface area contributed by atoms with E-state index in [9.17, 15) is 4.79 Å². The molecular weight excluding hydrogens is 250 g/mol. The number of nitrogens with one attached hydrogen (secondary N) is 1. The van der Waals surface area contributed by atoms with Crippen LogP contribution in [-0.2, 0) is 11.2 Å². The first-order valence-electron chi connectivity index (χ1n) is 6.86. The largest absolute Gasteiger partial charge is 0.491 e. The highest BCUT2D eigenvalue weighted by Crippen LogP contribution is 2.23. The third-order valence-corrected chi connectivity index (χ3v) is 3.06. The van der Waals surface area contributed by atoms with Crippen LogP contribution in [0.2, 0.25) is 0 Å². The number of para-hydroxylation sites is 2. The Balaban J connectivity index is 1.72. The van der Waals surface area contributed by atoms with E-state index in [4.69, 9.17) is 4.74 Å². The highest BCUT2D eigenvalue weighted by atomic mass is 16.5. The summed E-state index contributed by atoms with van der Waals surface area (Å²) in [6.45, 7) is 0.657. The number of amides is 1. The summed E-state index contributed by atoms with van der Waals surface area (Å²) >= 11 is 0. The summed E-state index contributed by atoms with van der Waals surface area (Å²) in [6, 6.07) is 17.9. The Bertz CT molecular complexity index is 526. The van der Waals surface area contributed by atoms with E-state index in [2.05, 4.69) is 29.6 Å². The lowest BCUT2D eigenvalue weighted by molar-refractivity contribution is -0.105. The Morgan fingerprint density at radius 2 is 1.70 bits per heavy atom. The average molecular weight is 269 g/mol. The van der Waals surface area contributed by atoms with Gasteiger partial charge < -0.3 is 10.1 Å². The molecule has 0 radical (unpaired) electrons. The summed E-state index contributed by atoms with van der Waals surface area (Å²) in [5, 5.41) is 2.64. The maximum Gasteiger partial charge on any atom is 0.211 e. The molecule has 104 valence electrons. The summed E-state index contributed by atoms with van der Waals surface area (Å²) in [4.78, 5) is 10.5. The van der Waals surface area contributed by atoms with Gasteiger partial charge in [0.1, 0.15) is 5.75 Å². The van der Waals surface area contributed by atoms with E-state index in [1.165, 1.54) is 5.56 Å². The fourth-order valence-corrected chi connectivity index (χ4v) is 2.03. The van der Waals surface area contributed by atoms with Gasteiger partial charge in [0.2, 0.25) is 6.41 Å². The second-order valence-corrected chi connectivity index (χ2v) is 4.55. The van der Waals surface area contributed by atoms with Gasteiger partial charge in [-0.3, -0.25) is 4.79 Å². The topological polar surface area (TPSA) is 38.3 Å². The van der Waals surface area contributed by atoms with Crippen molar-refractivity contribution in [3.05, 3.63) is 60.2 Å². The van der Waals surface area contributed by atoms with Crippen molar-refractivity contribution in [3.63, 3.8) is 0 Å². The molecule has 0 bridgehead atoms. The standard InChI is InChI=1S/C17H19NO2/c19-14-18-16-11-4-5-12-17(16)20-13-7-6-10-15-8-2-1-3-9-15/h1-5,8-9,11-12,14H,6-7,10,13H2,(H,18,19). The number of aryl methyl sites for hydroxylation is 1. The molecule has 0 aliphatic rings. The SMILES string of the molecule is O=CNc1ccccc1OCCCCc1ccccc1. The zero-order valence-electron chi connectivity index (χ0n) is 11.4. The minimum atomic E-state index is 0.657. The molecule has 0 spiro atoms. The van der Waals surface area contributed by atoms with E-state index in [0.717, 1.165) is 25.0 Å².